The highest BCUT2D eigenvalue weighted by atomic mass is 28.4. The molecule has 0 saturated carbocycles. The van der Waals surface area contributed by atoms with Crippen LogP contribution in [0.3, 0.4) is 0 Å². The number of nitrogens with zero attached hydrogens (tertiary/aromatic N) is 3. The number of rotatable bonds is 3. The minimum atomic E-state index is -0.691. The molecule has 0 bridgehead atoms. The van der Waals surface area contributed by atoms with Crippen LogP contribution in [-0.2, 0) is 0 Å². The minimum absolute atomic E-state index is 0.0632. The average molecular weight is 263 g/mol. The summed E-state index contributed by atoms with van der Waals surface area (Å²) in [5.41, 5.74) is 0. The van der Waals surface area contributed by atoms with E-state index >= 15 is 0 Å². The predicted molar refractivity (Wildman–Crippen MR) is 76.1 cm³/mol. The van der Waals surface area contributed by atoms with Gasteiger partial charge in [0.25, 0.3) is 0 Å². The summed E-state index contributed by atoms with van der Waals surface area (Å²) < 4.78 is 7.10. The average Bonchev–Trinajstić information content (AvgIpc) is 2.18. The summed E-state index contributed by atoms with van der Waals surface area (Å²) in [5, 5.41) is 0. The molecule has 2 atom stereocenters. The Morgan fingerprint density at radius 1 is 1.00 bits per heavy atom. The smallest absolute Gasteiger partial charge is 0.330 e. The van der Waals surface area contributed by atoms with Gasteiger partial charge in [0, 0.05) is 25.7 Å². The fraction of sp³-hybridized carbons (Fsp3) is 1.00. The van der Waals surface area contributed by atoms with Gasteiger partial charge in [-0.1, -0.05) is 13.8 Å². The van der Waals surface area contributed by atoms with Crippen molar-refractivity contribution >= 4 is 28.1 Å². The maximum atomic E-state index is 2.81. The molecule has 1 rings (SSSR count). The zero-order chi connectivity index (χ0) is 11.6. The molecule has 3 nitrogen and oxygen atoms in total. The van der Waals surface area contributed by atoms with Gasteiger partial charge in [0.05, 0.1) is 0 Å². The minimum Gasteiger partial charge on any atom is -0.428 e. The lowest BCUT2D eigenvalue weighted by Crippen LogP contribution is -2.79. The lowest BCUT2D eigenvalue weighted by Gasteiger charge is -2.56. The predicted octanol–water partition coefficient (Wildman–Crippen LogP) is -0.190. The Bertz CT molecular complexity index is 199. The van der Waals surface area contributed by atoms with E-state index in [1.807, 2.05) is 0 Å². The second kappa shape index (κ2) is 5.24. The van der Waals surface area contributed by atoms with E-state index in [-0.39, 0.29) is 9.84 Å². The fourth-order valence-electron chi connectivity index (χ4n) is 3.52. The van der Waals surface area contributed by atoms with Gasteiger partial charge >= 0.3 is 18.2 Å². The summed E-state index contributed by atoms with van der Waals surface area (Å²) in [6.45, 7) is 8.60. The summed E-state index contributed by atoms with van der Waals surface area (Å²) >= 11 is 0. The summed E-state index contributed by atoms with van der Waals surface area (Å²) in [7, 11) is 5.91. The van der Waals surface area contributed by atoms with Crippen LogP contribution in [0.15, 0.2) is 0 Å². The van der Waals surface area contributed by atoms with Gasteiger partial charge < -0.3 is 3.81 Å². The van der Waals surface area contributed by atoms with E-state index in [0.29, 0.717) is 0 Å². The topological polar surface area (TPSA) is 6.48 Å². The third-order valence-corrected chi connectivity index (χ3v) is 17.7. The highest BCUT2D eigenvalue weighted by molar-refractivity contribution is 6.74. The molecule has 0 aromatic rings. The first-order chi connectivity index (χ1) is 7.01. The molecule has 0 aliphatic carbocycles. The first-order valence-electron chi connectivity index (χ1n) is 6.26. The number of quaternary nitrogens is 1. The molecule has 0 N–H and O–H groups in total. The van der Waals surface area contributed by atoms with Crippen molar-refractivity contribution in [3.63, 3.8) is 0 Å². The van der Waals surface area contributed by atoms with Crippen LogP contribution in [0, 0.1) is 0 Å². The van der Waals surface area contributed by atoms with Gasteiger partial charge in [0.15, 0.2) is 9.84 Å². The molecule has 0 amide bonds. The molecule has 15 heavy (non-hydrogen) atoms. The summed E-state index contributed by atoms with van der Waals surface area (Å²) in [6, 6.07) is 2.90. The van der Waals surface area contributed by atoms with Crippen molar-refractivity contribution in [2.45, 2.75) is 32.9 Å². The van der Waals surface area contributed by atoms with Crippen LogP contribution in [0.5, 0.6) is 0 Å². The van der Waals surface area contributed by atoms with Crippen LogP contribution < -0.4 is 0 Å². The lowest BCUT2D eigenvalue weighted by atomic mass is 10.8. The van der Waals surface area contributed by atoms with Crippen molar-refractivity contribution in [3.8, 4) is 0 Å². The summed E-state index contributed by atoms with van der Waals surface area (Å²) in [5.74, 6) is 0. The van der Waals surface area contributed by atoms with Gasteiger partial charge in [-0.3, -0.25) is 8.46 Å². The molecule has 6 heteroatoms. The second-order valence-corrected chi connectivity index (χ2v) is 17.1. The van der Waals surface area contributed by atoms with Gasteiger partial charge in [-0.25, -0.2) is 0 Å². The molecule has 0 spiro atoms. The molecule has 1 fully saturated rings. The Morgan fingerprint density at radius 2 is 1.40 bits per heavy atom. The van der Waals surface area contributed by atoms with Crippen molar-refractivity contribution in [1.29, 1.82) is 0 Å². The van der Waals surface area contributed by atoms with E-state index in [2.05, 4.69) is 50.4 Å². The van der Waals surface area contributed by atoms with Crippen LogP contribution in [0.2, 0.25) is 12.1 Å². The van der Waals surface area contributed by atoms with Gasteiger partial charge in [0.2, 0.25) is 0 Å². The van der Waals surface area contributed by atoms with Crippen molar-refractivity contribution in [2.24, 2.45) is 0 Å². The second-order valence-electron chi connectivity index (χ2n) is 5.10. The quantitative estimate of drug-likeness (QED) is 0.651. The van der Waals surface area contributed by atoms with Crippen molar-refractivity contribution in [2.75, 3.05) is 27.7 Å². The first-order valence-corrected chi connectivity index (χ1v) is 11.2. The zero-order valence-corrected chi connectivity index (χ0v) is 15.0. The summed E-state index contributed by atoms with van der Waals surface area (Å²) in [4.78, 5) is 0. The van der Waals surface area contributed by atoms with Crippen LogP contribution in [0.4, 0.5) is 0 Å². The van der Waals surface area contributed by atoms with E-state index in [0.717, 1.165) is 0 Å². The van der Waals surface area contributed by atoms with E-state index in [1.165, 1.54) is 22.4 Å². The molecule has 2 unspecified atom stereocenters. The van der Waals surface area contributed by atoms with Gasteiger partial charge in [-0.15, -0.1) is 0 Å². The van der Waals surface area contributed by atoms with Crippen molar-refractivity contribution < 1.29 is 3.81 Å². The molecule has 0 radical (unpaired) electrons. The lowest BCUT2D eigenvalue weighted by molar-refractivity contribution is -0.702. The third kappa shape index (κ3) is 2.29. The largest absolute Gasteiger partial charge is 0.428 e. The fourth-order valence-corrected chi connectivity index (χ4v) is 22.5. The van der Waals surface area contributed by atoms with Gasteiger partial charge in [0.1, 0.15) is 0 Å². The molecule has 1 saturated heterocycles. The standard InChI is InChI=1S/C9H28N3Si3/c1-7-12(6)14(8-2)10(4)13-11(5)15(12)9-3/h14-15H,7-9,13H2,1-6H3/q+1. The van der Waals surface area contributed by atoms with E-state index in [1.54, 1.807) is 0 Å². The monoisotopic (exact) mass is 262 g/mol. The molecule has 1 aliphatic heterocycles. The van der Waals surface area contributed by atoms with Crippen molar-refractivity contribution in [1.82, 2.24) is 8.46 Å². The summed E-state index contributed by atoms with van der Waals surface area (Å²) in [6.07, 6.45) is 0. The molecular formula is C9H28N3Si3+. The maximum Gasteiger partial charge on any atom is 0.330 e. The van der Waals surface area contributed by atoms with E-state index < -0.39 is 18.2 Å². The molecule has 90 valence electrons. The molecule has 1 heterocycles. The van der Waals surface area contributed by atoms with Gasteiger partial charge in [-0.2, -0.15) is 0 Å². The third-order valence-electron chi connectivity index (χ3n) is 4.24. The Kier molecular flexibility index (Phi) is 4.75. The van der Waals surface area contributed by atoms with Crippen LogP contribution in [0.1, 0.15) is 20.8 Å². The van der Waals surface area contributed by atoms with Crippen LogP contribution >= 0.6 is 0 Å². The SMILES string of the molecule is CC[SiH]1N(C)[SiH2]N(C)[SiH](CC)[N+]1(C)CC. The van der Waals surface area contributed by atoms with Gasteiger partial charge in [-0.05, 0) is 21.0 Å². The normalized spacial score (nSPS) is 41.2. The van der Waals surface area contributed by atoms with Crippen molar-refractivity contribution in [3.05, 3.63) is 0 Å². The molecule has 1 aliphatic rings. The molecular weight excluding hydrogens is 234 g/mol. The molecule has 0 aromatic heterocycles. The van der Waals surface area contributed by atoms with Crippen LogP contribution in [-0.4, -0.2) is 68.0 Å². The highest BCUT2D eigenvalue weighted by Gasteiger charge is 2.48. The zero-order valence-electron chi connectivity index (χ0n) is 11.3. The Labute approximate surface area is 101 Å². The Balaban J connectivity index is 2.98. The molecule has 0 aromatic carbocycles. The number of hydrogen-bond acceptors (Lipinski definition) is 2. The Morgan fingerprint density at radius 3 is 1.67 bits per heavy atom. The van der Waals surface area contributed by atoms with Crippen LogP contribution in [0.25, 0.3) is 0 Å². The highest BCUT2D eigenvalue weighted by Crippen LogP contribution is 2.23. The first kappa shape index (κ1) is 13.6. The van der Waals surface area contributed by atoms with E-state index in [9.17, 15) is 0 Å². The number of hydrogen-bond donors (Lipinski definition) is 0. The van der Waals surface area contributed by atoms with E-state index in [4.69, 9.17) is 0 Å². The Hall–Kier alpha value is 0.531. The maximum absolute atomic E-state index is 2.81.